The van der Waals surface area contributed by atoms with Crippen molar-refractivity contribution in [2.45, 2.75) is 12.8 Å². The van der Waals surface area contributed by atoms with Gasteiger partial charge < -0.3 is 9.64 Å². The Morgan fingerprint density at radius 2 is 1.94 bits per heavy atom. The number of carbonyl (C=O) groups excluding carboxylic acids is 2. The molecule has 0 N–H and O–H groups in total. The molecule has 1 heterocycles. The number of allylic oxidation sites excluding steroid dienone is 1. The maximum Gasteiger partial charge on any atom is 0.339 e. The molecule has 2 aromatic carbocycles. The van der Waals surface area contributed by atoms with Crippen molar-refractivity contribution >= 4 is 46.0 Å². The van der Waals surface area contributed by atoms with E-state index in [0.29, 0.717) is 45.6 Å². The summed E-state index contributed by atoms with van der Waals surface area (Å²) in [6.45, 7) is -0.342. The summed E-state index contributed by atoms with van der Waals surface area (Å²) in [6.07, 6.45) is 2.83. The van der Waals surface area contributed by atoms with Gasteiger partial charge in [-0.25, -0.2) is 14.2 Å². The number of likely N-dealkylation sites (N-methyl/N-ethyl adjacent to an activating group) is 1. The summed E-state index contributed by atoms with van der Waals surface area (Å²) in [5, 5.41) is 0.970. The van der Waals surface area contributed by atoms with Crippen LogP contribution in [0, 0.1) is 5.82 Å². The molecule has 0 atom stereocenters. The number of rotatable bonds is 4. The Balaban J connectivity index is 1.81. The Hall–Kier alpha value is -3.25. The second kappa shape index (κ2) is 8.47. The number of benzene rings is 2. The third-order valence-electron chi connectivity index (χ3n) is 5.29. The fraction of sp³-hybridized carbons (Fsp3) is 0.208. The molecule has 0 aliphatic heterocycles. The lowest BCUT2D eigenvalue weighted by Crippen LogP contribution is -2.27. The van der Waals surface area contributed by atoms with Crippen molar-refractivity contribution < 1.29 is 18.7 Å². The zero-order chi connectivity index (χ0) is 22.1. The van der Waals surface area contributed by atoms with Crippen molar-refractivity contribution in [3.8, 4) is 0 Å². The molecule has 1 aliphatic rings. The van der Waals surface area contributed by atoms with Crippen LogP contribution in [0.4, 0.5) is 4.39 Å². The molecule has 31 heavy (non-hydrogen) atoms. The maximum absolute atomic E-state index is 14.3. The number of aromatic nitrogens is 1. The van der Waals surface area contributed by atoms with E-state index in [1.54, 1.807) is 32.3 Å². The fourth-order valence-corrected chi connectivity index (χ4v) is 3.88. The second-order valence-corrected chi connectivity index (χ2v) is 7.91. The summed E-state index contributed by atoms with van der Waals surface area (Å²) in [5.41, 5.74) is 3.48. The van der Waals surface area contributed by atoms with Crippen molar-refractivity contribution in [2.75, 3.05) is 20.7 Å². The van der Waals surface area contributed by atoms with Gasteiger partial charge in [-0.3, -0.25) is 4.79 Å². The minimum Gasteiger partial charge on any atom is -0.452 e. The van der Waals surface area contributed by atoms with E-state index in [0.717, 1.165) is 11.1 Å². The number of nitrogens with zero attached hydrogens (tertiary/aromatic N) is 2. The van der Waals surface area contributed by atoms with E-state index >= 15 is 0 Å². The summed E-state index contributed by atoms with van der Waals surface area (Å²) in [5.74, 6) is -1.30. The Morgan fingerprint density at radius 1 is 1.16 bits per heavy atom. The first-order chi connectivity index (χ1) is 14.9. The zero-order valence-corrected chi connectivity index (χ0v) is 17.9. The lowest BCUT2D eigenvalue weighted by Gasteiger charge is -2.14. The average Bonchev–Trinajstić information content (AvgIpc) is 3.14. The molecule has 0 saturated heterocycles. The minimum absolute atomic E-state index is 0.294. The highest BCUT2D eigenvalue weighted by Crippen LogP contribution is 2.38. The van der Waals surface area contributed by atoms with Crippen molar-refractivity contribution in [3.63, 3.8) is 0 Å². The molecule has 158 valence electrons. The van der Waals surface area contributed by atoms with E-state index in [4.69, 9.17) is 21.3 Å². The standard InChI is InChI=1S/C24H20ClFN2O3/c1-28(2)21(29)13-31-24(30)22-15-6-3-4-9-20(15)27-23-14(10-11-16(22)23)12-17-18(25)7-5-8-19(17)26/h3-9,12H,10-11,13H2,1-2H3/b14-12+. The highest BCUT2D eigenvalue weighted by atomic mass is 35.5. The molecule has 5 nitrogen and oxygen atoms in total. The molecule has 1 aliphatic carbocycles. The van der Waals surface area contributed by atoms with Gasteiger partial charge in [0.2, 0.25) is 0 Å². The molecule has 4 rings (SSSR count). The quantitative estimate of drug-likeness (QED) is 0.551. The zero-order valence-electron chi connectivity index (χ0n) is 17.1. The van der Waals surface area contributed by atoms with Crippen LogP contribution in [-0.4, -0.2) is 42.5 Å². The SMILES string of the molecule is CN(C)C(=O)COC(=O)c1c2c(nc3ccccc13)/C(=C/c1c(F)cccc1Cl)CC2. The van der Waals surface area contributed by atoms with Crippen molar-refractivity contribution in [2.24, 2.45) is 0 Å². The minimum atomic E-state index is -0.574. The van der Waals surface area contributed by atoms with Gasteiger partial charge in [0, 0.05) is 25.0 Å². The Morgan fingerprint density at radius 3 is 2.68 bits per heavy atom. The van der Waals surface area contributed by atoms with E-state index < -0.39 is 11.8 Å². The number of carbonyl (C=O) groups is 2. The summed E-state index contributed by atoms with van der Waals surface area (Å²) in [7, 11) is 3.20. The molecule has 0 saturated carbocycles. The van der Waals surface area contributed by atoms with Crippen LogP contribution in [0.15, 0.2) is 42.5 Å². The molecule has 0 unspecified atom stereocenters. The number of hydrogen-bond acceptors (Lipinski definition) is 4. The predicted molar refractivity (Wildman–Crippen MR) is 118 cm³/mol. The Kier molecular flexibility index (Phi) is 5.74. The highest BCUT2D eigenvalue weighted by Gasteiger charge is 2.28. The molecule has 0 spiro atoms. The third kappa shape index (κ3) is 4.03. The van der Waals surface area contributed by atoms with Gasteiger partial charge in [0.15, 0.2) is 6.61 Å². The third-order valence-corrected chi connectivity index (χ3v) is 5.62. The van der Waals surface area contributed by atoms with Crippen molar-refractivity contribution in [1.82, 2.24) is 9.88 Å². The number of fused-ring (bicyclic) bond motifs is 2. The molecule has 1 amide bonds. The first kappa shape index (κ1) is 21.0. The lowest BCUT2D eigenvalue weighted by molar-refractivity contribution is -0.131. The monoisotopic (exact) mass is 438 g/mol. The van der Waals surface area contributed by atoms with Crippen LogP contribution in [0.3, 0.4) is 0 Å². The average molecular weight is 439 g/mol. The van der Waals surface area contributed by atoms with Crippen LogP contribution in [0.2, 0.25) is 5.02 Å². The van der Waals surface area contributed by atoms with Crippen LogP contribution in [-0.2, 0) is 16.0 Å². The molecular weight excluding hydrogens is 419 g/mol. The van der Waals surface area contributed by atoms with E-state index in [-0.39, 0.29) is 12.5 Å². The Bertz CT molecular complexity index is 1220. The summed E-state index contributed by atoms with van der Waals surface area (Å²) in [6, 6.07) is 11.8. The van der Waals surface area contributed by atoms with E-state index in [9.17, 15) is 14.0 Å². The summed E-state index contributed by atoms with van der Waals surface area (Å²) >= 11 is 6.19. The highest BCUT2D eigenvalue weighted by molar-refractivity contribution is 6.32. The number of amides is 1. The van der Waals surface area contributed by atoms with Crippen LogP contribution < -0.4 is 0 Å². The van der Waals surface area contributed by atoms with Crippen LogP contribution >= 0.6 is 11.6 Å². The second-order valence-electron chi connectivity index (χ2n) is 7.50. The van der Waals surface area contributed by atoms with Crippen LogP contribution in [0.25, 0.3) is 22.6 Å². The van der Waals surface area contributed by atoms with Gasteiger partial charge in [0.05, 0.1) is 21.8 Å². The van der Waals surface area contributed by atoms with E-state index in [2.05, 4.69) is 0 Å². The fourth-order valence-electron chi connectivity index (χ4n) is 3.66. The van der Waals surface area contributed by atoms with Gasteiger partial charge in [-0.1, -0.05) is 35.9 Å². The van der Waals surface area contributed by atoms with Crippen molar-refractivity contribution in [3.05, 3.63) is 75.7 Å². The van der Waals surface area contributed by atoms with Gasteiger partial charge in [-0.2, -0.15) is 0 Å². The number of para-hydroxylation sites is 1. The van der Waals surface area contributed by atoms with Crippen LogP contribution in [0.5, 0.6) is 0 Å². The summed E-state index contributed by atoms with van der Waals surface area (Å²) in [4.78, 5) is 31.0. The van der Waals surface area contributed by atoms with E-state index in [1.165, 1.54) is 11.0 Å². The normalized spacial score (nSPS) is 14.0. The predicted octanol–water partition coefficient (Wildman–Crippen LogP) is 4.76. The molecule has 7 heteroatoms. The van der Waals surface area contributed by atoms with Crippen molar-refractivity contribution in [1.29, 1.82) is 0 Å². The molecule has 3 aromatic rings. The van der Waals surface area contributed by atoms with Gasteiger partial charge in [0.25, 0.3) is 5.91 Å². The summed E-state index contributed by atoms with van der Waals surface area (Å²) < 4.78 is 19.6. The van der Waals surface area contributed by atoms with Gasteiger partial charge in [0.1, 0.15) is 5.82 Å². The maximum atomic E-state index is 14.3. The molecule has 0 fully saturated rings. The first-order valence-electron chi connectivity index (χ1n) is 9.80. The Labute approximate surface area is 184 Å². The largest absolute Gasteiger partial charge is 0.452 e. The first-order valence-corrected chi connectivity index (χ1v) is 10.2. The number of halogens is 2. The molecule has 0 radical (unpaired) electrons. The number of pyridine rings is 1. The molecular formula is C24H20ClFN2O3. The number of ether oxygens (including phenoxy) is 1. The van der Waals surface area contributed by atoms with Crippen LogP contribution in [0.1, 0.15) is 33.6 Å². The smallest absolute Gasteiger partial charge is 0.339 e. The number of esters is 1. The molecule has 0 bridgehead atoms. The topological polar surface area (TPSA) is 59.5 Å². The number of hydrogen-bond donors (Lipinski definition) is 0. The van der Waals surface area contributed by atoms with Gasteiger partial charge >= 0.3 is 5.97 Å². The van der Waals surface area contributed by atoms with Gasteiger partial charge in [-0.05, 0) is 48.3 Å². The lowest BCUT2D eigenvalue weighted by atomic mass is 10.0. The molecule has 1 aromatic heterocycles. The van der Waals surface area contributed by atoms with E-state index in [1.807, 2.05) is 24.3 Å². The van der Waals surface area contributed by atoms with Gasteiger partial charge in [-0.15, -0.1) is 0 Å².